The Hall–Kier alpha value is -1.88. The van der Waals surface area contributed by atoms with Crippen LogP contribution in [0.1, 0.15) is 26.2 Å². The molecule has 1 amide bonds. The molecule has 0 unspecified atom stereocenters. The van der Waals surface area contributed by atoms with Crippen LogP contribution in [0.2, 0.25) is 0 Å². The van der Waals surface area contributed by atoms with Crippen molar-refractivity contribution in [1.29, 1.82) is 0 Å². The lowest BCUT2D eigenvalue weighted by molar-refractivity contribution is -0.117. The Bertz CT molecular complexity index is 535. The molecule has 1 heterocycles. The largest absolute Gasteiger partial charge is 0.324 e. The number of benzene rings is 1. The summed E-state index contributed by atoms with van der Waals surface area (Å²) in [6.07, 6.45) is 4.41. The van der Waals surface area contributed by atoms with Crippen LogP contribution in [0.4, 0.5) is 5.69 Å². The number of anilines is 1. The van der Waals surface area contributed by atoms with Gasteiger partial charge in [0.2, 0.25) is 5.91 Å². The smallest absolute Gasteiger partial charge is 0.241 e. The zero-order valence-corrected chi connectivity index (χ0v) is 10.4. The highest BCUT2D eigenvalue weighted by Crippen LogP contribution is 2.21. The Balaban J connectivity index is 2.09. The van der Waals surface area contributed by atoms with E-state index in [1.165, 1.54) is 0 Å². The van der Waals surface area contributed by atoms with E-state index in [0.29, 0.717) is 6.42 Å². The monoisotopic (exact) mass is 246 g/mol. The van der Waals surface area contributed by atoms with Crippen molar-refractivity contribution in [3.05, 3.63) is 24.4 Å². The van der Waals surface area contributed by atoms with Crippen molar-refractivity contribution >= 4 is 22.5 Å². The lowest BCUT2D eigenvalue weighted by atomic mass is 10.1. The molecule has 5 nitrogen and oxygen atoms in total. The predicted octanol–water partition coefficient (Wildman–Crippen LogP) is 2.02. The van der Waals surface area contributed by atoms with Crippen LogP contribution >= 0.6 is 0 Å². The lowest BCUT2D eigenvalue weighted by Crippen LogP contribution is -2.35. The van der Waals surface area contributed by atoms with Gasteiger partial charge < -0.3 is 11.1 Å². The molecule has 5 heteroatoms. The van der Waals surface area contributed by atoms with Gasteiger partial charge in [0.05, 0.1) is 23.4 Å². The van der Waals surface area contributed by atoms with Gasteiger partial charge in [-0.25, -0.2) is 0 Å². The summed E-state index contributed by atoms with van der Waals surface area (Å²) >= 11 is 0. The molecule has 0 aliphatic heterocycles. The van der Waals surface area contributed by atoms with Crippen molar-refractivity contribution in [1.82, 2.24) is 10.2 Å². The Morgan fingerprint density at radius 3 is 3.17 bits per heavy atom. The van der Waals surface area contributed by atoms with E-state index in [0.717, 1.165) is 29.4 Å². The van der Waals surface area contributed by atoms with E-state index in [4.69, 9.17) is 5.73 Å². The normalized spacial score (nSPS) is 12.6. The van der Waals surface area contributed by atoms with Crippen LogP contribution in [0.3, 0.4) is 0 Å². The molecule has 2 rings (SSSR count). The average molecular weight is 246 g/mol. The summed E-state index contributed by atoms with van der Waals surface area (Å²) in [5.41, 5.74) is 7.48. The first-order valence-corrected chi connectivity index (χ1v) is 6.21. The molecule has 0 fully saturated rings. The molecule has 0 spiro atoms. The fourth-order valence-corrected chi connectivity index (χ4v) is 1.86. The van der Waals surface area contributed by atoms with Crippen molar-refractivity contribution in [3.8, 4) is 0 Å². The van der Waals surface area contributed by atoms with Gasteiger partial charge in [0.25, 0.3) is 0 Å². The second kappa shape index (κ2) is 5.64. The van der Waals surface area contributed by atoms with Crippen LogP contribution < -0.4 is 11.1 Å². The third kappa shape index (κ3) is 2.68. The fraction of sp³-hybridized carbons (Fsp3) is 0.385. The van der Waals surface area contributed by atoms with E-state index < -0.39 is 6.04 Å². The number of unbranched alkanes of at least 4 members (excludes halogenated alkanes) is 1. The summed E-state index contributed by atoms with van der Waals surface area (Å²) in [5.74, 6) is -0.142. The number of nitrogens with zero attached hydrogens (tertiary/aromatic N) is 1. The summed E-state index contributed by atoms with van der Waals surface area (Å²) in [6.45, 7) is 2.08. The quantitative estimate of drug-likeness (QED) is 0.754. The molecule has 2 aromatic rings. The molecule has 0 aliphatic carbocycles. The third-order valence-corrected chi connectivity index (χ3v) is 2.95. The number of carbonyl (C=O) groups is 1. The number of amides is 1. The fourth-order valence-electron chi connectivity index (χ4n) is 1.86. The number of hydrogen-bond acceptors (Lipinski definition) is 3. The summed E-state index contributed by atoms with van der Waals surface area (Å²) in [7, 11) is 0. The van der Waals surface area contributed by atoms with Gasteiger partial charge in [0.15, 0.2) is 0 Å². The first kappa shape index (κ1) is 12.6. The summed E-state index contributed by atoms with van der Waals surface area (Å²) in [4.78, 5) is 11.9. The minimum Gasteiger partial charge on any atom is -0.324 e. The van der Waals surface area contributed by atoms with Gasteiger partial charge in [0.1, 0.15) is 0 Å². The average Bonchev–Trinajstić information content (AvgIpc) is 2.85. The van der Waals surface area contributed by atoms with Crippen LogP contribution in [0.25, 0.3) is 10.9 Å². The van der Waals surface area contributed by atoms with Crippen LogP contribution in [0, 0.1) is 0 Å². The molecule has 0 bridgehead atoms. The van der Waals surface area contributed by atoms with Gasteiger partial charge >= 0.3 is 0 Å². The molecular formula is C13H18N4O. The van der Waals surface area contributed by atoms with E-state index in [9.17, 15) is 4.79 Å². The van der Waals surface area contributed by atoms with Crippen molar-refractivity contribution in [2.24, 2.45) is 5.73 Å². The Kier molecular flexibility index (Phi) is 3.94. The zero-order chi connectivity index (χ0) is 13.0. The van der Waals surface area contributed by atoms with Crippen LogP contribution in [-0.4, -0.2) is 22.1 Å². The molecule has 1 aromatic heterocycles. The Morgan fingerprint density at radius 2 is 2.39 bits per heavy atom. The molecule has 96 valence electrons. The van der Waals surface area contributed by atoms with E-state index in [-0.39, 0.29) is 5.91 Å². The topological polar surface area (TPSA) is 83.8 Å². The third-order valence-electron chi connectivity index (χ3n) is 2.95. The highest BCUT2D eigenvalue weighted by atomic mass is 16.2. The number of rotatable bonds is 5. The van der Waals surface area contributed by atoms with E-state index in [1.807, 2.05) is 18.2 Å². The van der Waals surface area contributed by atoms with Crippen molar-refractivity contribution < 1.29 is 4.79 Å². The minimum atomic E-state index is -0.452. The maximum Gasteiger partial charge on any atom is 0.241 e. The molecular weight excluding hydrogens is 228 g/mol. The molecule has 4 N–H and O–H groups in total. The Morgan fingerprint density at radius 1 is 1.56 bits per heavy atom. The maximum atomic E-state index is 11.9. The van der Waals surface area contributed by atoms with Gasteiger partial charge in [-0.05, 0) is 18.6 Å². The SMILES string of the molecule is CCCC[C@H](N)C(=O)Nc1cccc2[nH]ncc12. The lowest BCUT2D eigenvalue weighted by Gasteiger charge is -2.12. The van der Waals surface area contributed by atoms with E-state index >= 15 is 0 Å². The van der Waals surface area contributed by atoms with Gasteiger partial charge in [-0.3, -0.25) is 9.89 Å². The molecule has 0 radical (unpaired) electrons. The Labute approximate surface area is 106 Å². The number of nitrogens with one attached hydrogen (secondary N) is 2. The van der Waals surface area contributed by atoms with Gasteiger partial charge in [-0.2, -0.15) is 5.10 Å². The highest BCUT2D eigenvalue weighted by molar-refractivity contribution is 6.02. The summed E-state index contributed by atoms with van der Waals surface area (Å²) < 4.78 is 0. The second-order valence-corrected chi connectivity index (χ2v) is 4.37. The summed E-state index contributed by atoms with van der Waals surface area (Å²) in [6, 6.07) is 5.18. The molecule has 0 saturated carbocycles. The minimum absolute atomic E-state index is 0.142. The summed E-state index contributed by atoms with van der Waals surface area (Å²) in [5, 5.41) is 10.6. The number of hydrogen-bond donors (Lipinski definition) is 3. The second-order valence-electron chi connectivity index (χ2n) is 4.37. The van der Waals surface area contributed by atoms with E-state index in [2.05, 4.69) is 22.4 Å². The van der Waals surface area contributed by atoms with Gasteiger partial charge in [-0.15, -0.1) is 0 Å². The standard InChI is InChI=1S/C13H18N4O/c1-2-3-5-10(14)13(18)16-11-6-4-7-12-9(11)8-15-17-12/h4,6-8,10H,2-3,5,14H2,1H3,(H,15,17)(H,16,18)/t10-/m0/s1. The van der Waals surface area contributed by atoms with Crippen molar-refractivity contribution in [3.63, 3.8) is 0 Å². The predicted molar refractivity (Wildman–Crippen MR) is 72.2 cm³/mol. The van der Waals surface area contributed by atoms with Crippen molar-refractivity contribution in [2.45, 2.75) is 32.2 Å². The number of aromatic amines is 1. The molecule has 0 saturated heterocycles. The van der Waals surface area contributed by atoms with Gasteiger partial charge in [-0.1, -0.05) is 25.8 Å². The van der Waals surface area contributed by atoms with Crippen LogP contribution in [-0.2, 0) is 4.79 Å². The van der Waals surface area contributed by atoms with Crippen LogP contribution in [0.15, 0.2) is 24.4 Å². The number of nitrogens with two attached hydrogens (primary N) is 1. The number of aromatic nitrogens is 2. The molecule has 1 aromatic carbocycles. The maximum absolute atomic E-state index is 11.9. The first-order chi connectivity index (χ1) is 8.72. The number of H-pyrrole nitrogens is 1. The molecule has 0 aliphatic rings. The number of fused-ring (bicyclic) bond motifs is 1. The molecule has 18 heavy (non-hydrogen) atoms. The van der Waals surface area contributed by atoms with Crippen molar-refractivity contribution in [2.75, 3.05) is 5.32 Å². The first-order valence-electron chi connectivity index (χ1n) is 6.21. The molecule has 1 atom stereocenters. The zero-order valence-electron chi connectivity index (χ0n) is 10.4. The van der Waals surface area contributed by atoms with Gasteiger partial charge in [0, 0.05) is 5.39 Å². The van der Waals surface area contributed by atoms with Crippen LogP contribution in [0.5, 0.6) is 0 Å². The number of carbonyl (C=O) groups excluding carboxylic acids is 1. The van der Waals surface area contributed by atoms with E-state index in [1.54, 1.807) is 6.20 Å². The highest BCUT2D eigenvalue weighted by Gasteiger charge is 2.14.